The number of nitrogens with zero attached hydrogens (tertiary/aromatic N) is 2. The molecule has 174 valence electrons. The molecule has 4 rings (SSSR count). The van der Waals surface area contributed by atoms with Crippen molar-refractivity contribution in [1.82, 2.24) is 9.78 Å². The number of rotatable bonds is 8. The van der Waals surface area contributed by atoms with Gasteiger partial charge in [-0.2, -0.15) is 5.10 Å². The van der Waals surface area contributed by atoms with Crippen molar-refractivity contribution >= 4 is 11.6 Å². The van der Waals surface area contributed by atoms with Crippen LogP contribution in [0.2, 0.25) is 0 Å². The van der Waals surface area contributed by atoms with Crippen LogP contribution in [0.3, 0.4) is 0 Å². The van der Waals surface area contributed by atoms with Crippen molar-refractivity contribution in [3.8, 4) is 34.2 Å². The number of amides is 1. The van der Waals surface area contributed by atoms with Crippen LogP contribution < -0.4 is 19.5 Å². The van der Waals surface area contributed by atoms with E-state index in [1.807, 2.05) is 74.5 Å². The second-order valence-corrected chi connectivity index (χ2v) is 7.88. The molecule has 3 aromatic carbocycles. The molecule has 0 radical (unpaired) electrons. The Morgan fingerprint density at radius 1 is 0.912 bits per heavy atom. The van der Waals surface area contributed by atoms with E-state index in [1.54, 1.807) is 37.2 Å². The maximum Gasteiger partial charge on any atom is 0.259 e. The van der Waals surface area contributed by atoms with Gasteiger partial charge >= 0.3 is 0 Å². The van der Waals surface area contributed by atoms with Crippen molar-refractivity contribution in [2.24, 2.45) is 0 Å². The zero-order valence-corrected chi connectivity index (χ0v) is 19.6. The summed E-state index contributed by atoms with van der Waals surface area (Å²) in [6.07, 6.45) is 1.79. The van der Waals surface area contributed by atoms with Gasteiger partial charge < -0.3 is 19.5 Å². The van der Waals surface area contributed by atoms with Gasteiger partial charge in [-0.05, 0) is 68.4 Å². The first-order valence-electron chi connectivity index (χ1n) is 10.9. The summed E-state index contributed by atoms with van der Waals surface area (Å²) in [7, 11) is 3.18. The number of methoxy groups -OCH3 is 2. The van der Waals surface area contributed by atoms with Gasteiger partial charge in [0.2, 0.25) is 0 Å². The summed E-state index contributed by atoms with van der Waals surface area (Å²) in [6.45, 7) is 3.93. The molecule has 0 fully saturated rings. The molecule has 1 amide bonds. The average molecular weight is 458 g/mol. The lowest BCUT2D eigenvalue weighted by atomic mass is 10.1. The van der Waals surface area contributed by atoms with Crippen LogP contribution in [-0.2, 0) is 0 Å². The average Bonchev–Trinajstić information content (AvgIpc) is 3.30. The standard InChI is InChI=1S/C27H27N3O4/c1-18(2)34-21-12-10-19(11-13-21)28-27(31)24-17-30(20-8-6-5-7-9-20)29-26(24)23-16-22(32-3)14-15-25(23)33-4/h5-18H,1-4H3,(H,28,31). The smallest absolute Gasteiger partial charge is 0.259 e. The topological polar surface area (TPSA) is 74.6 Å². The summed E-state index contributed by atoms with van der Waals surface area (Å²) in [5, 5.41) is 7.70. The summed E-state index contributed by atoms with van der Waals surface area (Å²) in [5.41, 5.74) is 3.02. The number of benzene rings is 3. The van der Waals surface area contributed by atoms with Gasteiger partial charge in [-0.15, -0.1) is 0 Å². The molecule has 34 heavy (non-hydrogen) atoms. The van der Waals surface area contributed by atoms with E-state index >= 15 is 0 Å². The minimum atomic E-state index is -0.292. The predicted octanol–water partition coefficient (Wildman–Crippen LogP) is 5.60. The zero-order valence-electron chi connectivity index (χ0n) is 19.6. The SMILES string of the molecule is COc1ccc(OC)c(-c2nn(-c3ccccc3)cc2C(=O)Nc2ccc(OC(C)C)cc2)c1. The van der Waals surface area contributed by atoms with Gasteiger partial charge in [0.25, 0.3) is 5.91 Å². The van der Waals surface area contributed by atoms with E-state index in [1.165, 1.54) is 0 Å². The highest BCUT2D eigenvalue weighted by Crippen LogP contribution is 2.35. The first kappa shape index (κ1) is 22.9. The molecule has 0 atom stereocenters. The number of hydrogen-bond acceptors (Lipinski definition) is 5. The Kier molecular flexibility index (Phi) is 6.82. The summed E-state index contributed by atoms with van der Waals surface area (Å²) in [5.74, 6) is 1.67. The van der Waals surface area contributed by atoms with E-state index in [4.69, 9.17) is 19.3 Å². The fraction of sp³-hybridized carbons (Fsp3) is 0.185. The van der Waals surface area contributed by atoms with Crippen LogP contribution in [0.1, 0.15) is 24.2 Å². The molecule has 0 bridgehead atoms. The third-order valence-electron chi connectivity index (χ3n) is 5.13. The van der Waals surface area contributed by atoms with Gasteiger partial charge in [-0.1, -0.05) is 18.2 Å². The molecule has 7 nitrogen and oxygen atoms in total. The summed E-state index contributed by atoms with van der Waals surface area (Å²) in [6, 6.07) is 22.3. The maximum absolute atomic E-state index is 13.4. The summed E-state index contributed by atoms with van der Waals surface area (Å²) >= 11 is 0. The van der Waals surface area contributed by atoms with Crippen LogP contribution >= 0.6 is 0 Å². The Labute approximate surface area is 198 Å². The Bertz CT molecular complexity index is 1270. The fourth-order valence-electron chi connectivity index (χ4n) is 3.54. The molecule has 0 unspecified atom stereocenters. The highest BCUT2D eigenvalue weighted by atomic mass is 16.5. The van der Waals surface area contributed by atoms with Crippen LogP contribution in [0.4, 0.5) is 5.69 Å². The van der Waals surface area contributed by atoms with Gasteiger partial charge in [0, 0.05) is 17.4 Å². The number of carbonyl (C=O) groups is 1. The Morgan fingerprint density at radius 3 is 2.26 bits per heavy atom. The van der Waals surface area contributed by atoms with Crippen molar-refractivity contribution < 1.29 is 19.0 Å². The third-order valence-corrected chi connectivity index (χ3v) is 5.13. The molecule has 0 spiro atoms. The molecule has 4 aromatic rings. The molecular weight excluding hydrogens is 430 g/mol. The Balaban J connectivity index is 1.74. The van der Waals surface area contributed by atoms with E-state index < -0.39 is 0 Å². The molecule has 0 aliphatic carbocycles. The van der Waals surface area contributed by atoms with Gasteiger partial charge in [-0.25, -0.2) is 4.68 Å². The number of ether oxygens (including phenoxy) is 3. The molecule has 0 aliphatic rings. The lowest BCUT2D eigenvalue weighted by Crippen LogP contribution is -2.12. The Morgan fingerprint density at radius 2 is 1.62 bits per heavy atom. The highest BCUT2D eigenvalue weighted by molar-refractivity contribution is 6.08. The maximum atomic E-state index is 13.4. The monoisotopic (exact) mass is 457 g/mol. The number of nitrogens with one attached hydrogen (secondary N) is 1. The van der Waals surface area contributed by atoms with Gasteiger partial charge in [-0.3, -0.25) is 4.79 Å². The molecular formula is C27H27N3O4. The van der Waals surface area contributed by atoms with Gasteiger partial charge in [0.15, 0.2) is 0 Å². The normalized spacial score (nSPS) is 10.7. The van der Waals surface area contributed by atoms with Crippen molar-refractivity contribution in [2.75, 3.05) is 19.5 Å². The van der Waals surface area contributed by atoms with Gasteiger partial charge in [0.05, 0.1) is 31.6 Å². The molecule has 7 heteroatoms. The second-order valence-electron chi connectivity index (χ2n) is 7.88. The lowest BCUT2D eigenvalue weighted by Gasteiger charge is -2.12. The van der Waals surface area contributed by atoms with E-state index in [2.05, 4.69) is 5.32 Å². The van der Waals surface area contributed by atoms with Gasteiger partial charge in [0.1, 0.15) is 22.9 Å². The fourth-order valence-corrected chi connectivity index (χ4v) is 3.54. The molecule has 0 saturated heterocycles. The number of anilines is 1. The van der Waals surface area contributed by atoms with Crippen LogP contribution in [0.5, 0.6) is 17.2 Å². The molecule has 0 aliphatic heterocycles. The first-order chi connectivity index (χ1) is 16.5. The summed E-state index contributed by atoms with van der Waals surface area (Å²) in [4.78, 5) is 13.4. The number of carbonyl (C=O) groups excluding carboxylic acids is 1. The lowest BCUT2D eigenvalue weighted by molar-refractivity contribution is 0.102. The van der Waals surface area contributed by atoms with E-state index in [0.717, 1.165) is 11.4 Å². The van der Waals surface area contributed by atoms with E-state index in [0.29, 0.717) is 34.0 Å². The zero-order chi connectivity index (χ0) is 24.1. The predicted molar refractivity (Wildman–Crippen MR) is 132 cm³/mol. The highest BCUT2D eigenvalue weighted by Gasteiger charge is 2.22. The minimum Gasteiger partial charge on any atom is -0.497 e. The van der Waals surface area contributed by atoms with E-state index in [-0.39, 0.29) is 12.0 Å². The van der Waals surface area contributed by atoms with Crippen LogP contribution in [-0.4, -0.2) is 36.0 Å². The van der Waals surface area contributed by atoms with E-state index in [9.17, 15) is 4.79 Å². The molecule has 1 heterocycles. The molecule has 0 saturated carbocycles. The van der Waals surface area contributed by atoms with Crippen molar-refractivity contribution in [2.45, 2.75) is 20.0 Å². The second kappa shape index (κ2) is 10.1. The quantitative estimate of drug-likeness (QED) is 0.373. The Hall–Kier alpha value is -4.26. The van der Waals surface area contributed by atoms with Crippen molar-refractivity contribution in [3.05, 3.63) is 84.6 Å². The summed E-state index contributed by atoms with van der Waals surface area (Å²) < 4.78 is 18.3. The largest absolute Gasteiger partial charge is 0.497 e. The molecule has 1 N–H and O–H groups in total. The van der Waals surface area contributed by atoms with Crippen LogP contribution in [0.15, 0.2) is 79.0 Å². The van der Waals surface area contributed by atoms with Crippen LogP contribution in [0, 0.1) is 0 Å². The van der Waals surface area contributed by atoms with Crippen molar-refractivity contribution in [3.63, 3.8) is 0 Å². The van der Waals surface area contributed by atoms with Crippen molar-refractivity contribution in [1.29, 1.82) is 0 Å². The number of aromatic nitrogens is 2. The molecule has 1 aromatic heterocycles. The minimum absolute atomic E-state index is 0.0738. The number of hydrogen-bond donors (Lipinski definition) is 1. The first-order valence-corrected chi connectivity index (χ1v) is 10.9. The van der Waals surface area contributed by atoms with Crippen LogP contribution in [0.25, 0.3) is 16.9 Å². The number of para-hydroxylation sites is 1. The third kappa shape index (κ3) is 5.04.